The maximum absolute atomic E-state index is 11.9. The number of rotatable bonds is 13. The number of carbonyl (C=O) groups is 1. The van der Waals surface area contributed by atoms with Crippen molar-refractivity contribution in [3.8, 4) is 0 Å². The van der Waals surface area contributed by atoms with Gasteiger partial charge in [0, 0.05) is 6.54 Å². The van der Waals surface area contributed by atoms with Gasteiger partial charge in [-0.2, -0.15) is 0 Å². The van der Waals surface area contributed by atoms with Gasteiger partial charge in [0.1, 0.15) is 19.3 Å². The average Bonchev–Trinajstić information content (AvgIpc) is 2.74. The Bertz CT molecular complexity index is 699. The monoisotopic (exact) mass is 419 g/mol. The number of halogens is 1. The number of carbonyl (C=O) groups excluding carboxylic acids is 1. The van der Waals surface area contributed by atoms with E-state index in [9.17, 15) is 4.79 Å². The molecule has 1 atom stereocenters. The van der Waals surface area contributed by atoms with Crippen molar-refractivity contribution in [3.63, 3.8) is 0 Å². The van der Waals surface area contributed by atoms with E-state index in [0.29, 0.717) is 19.6 Å². The number of hydrogen-bond donors (Lipinski definition) is 2. The van der Waals surface area contributed by atoms with E-state index < -0.39 is 6.04 Å². The lowest BCUT2D eigenvalue weighted by Gasteiger charge is -2.11. The van der Waals surface area contributed by atoms with Gasteiger partial charge < -0.3 is 20.6 Å². The fourth-order valence-electron chi connectivity index (χ4n) is 2.51. The highest BCUT2D eigenvalue weighted by Crippen LogP contribution is 2.05. The van der Waals surface area contributed by atoms with Crippen molar-refractivity contribution in [2.24, 2.45) is 10.9 Å². The Morgan fingerprint density at radius 1 is 1.00 bits per heavy atom. The summed E-state index contributed by atoms with van der Waals surface area (Å²) in [5.74, 6) is -0.348. The first-order valence-electron chi connectivity index (χ1n) is 9.60. The van der Waals surface area contributed by atoms with Crippen molar-refractivity contribution in [2.45, 2.75) is 38.5 Å². The zero-order valence-electron chi connectivity index (χ0n) is 16.5. The average molecular weight is 420 g/mol. The molecule has 0 heterocycles. The summed E-state index contributed by atoms with van der Waals surface area (Å²) in [7, 11) is 0. The Morgan fingerprint density at radius 2 is 1.62 bits per heavy atom. The molecule has 0 spiro atoms. The number of nitrogens with zero attached hydrogens (tertiary/aromatic N) is 1. The van der Waals surface area contributed by atoms with Crippen molar-refractivity contribution < 1.29 is 14.4 Å². The minimum atomic E-state index is -0.573. The van der Waals surface area contributed by atoms with Crippen molar-refractivity contribution in [1.29, 1.82) is 0 Å². The SMILES string of the molecule is Cl.NC(CCCCNCC=NOCc1ccccc1)C(=O)OCc1ccccc1. The zero-order chi connectivity index (χ0) is 19.9. The number of esters is 1. The van der Waals surface area contributed by atoms with Crippen molar-refractivity contribution in [1.82, 2.24) is 5.32 Å². The lowest BCUT2D eigenvalue weighted by molar-refractivity contribution is -0.146. The van der Waals surface area contributed by atoms with Gasteiger partial charge in [0.05, 0.1) is 6.21 Å². The van der Waals surface area contributed by atoms with Gasteiger partial charge in [-0.05, 0) is 30.5 Å². The first kappa shape index (κ1) is 24.6. The van der Waals surface area contributed by atoms with E-state index in [0.717, 1.165) is 30.5 Å². The molecule has 2 aromatic carbocycles. The van der Waals surface area contributed by atoms with Crippen LogP contribution in [0.2, 0.25) is 0 Å². The number of unbranched alkanes of at least 4 members (excludes halogenated alkanes) is 1. The van der Waals surface area contributed by atoms with Crippen LogP contribution < -0.4 is 11.1 Å². The predicted octanol–water partition coefficient (Wildman–Crippen LogP) is 3.44. The Kier molecular flexibility index (Phi) is 13.2. The summed E-state index contributed by atoms with van der Waals surface area (Å²) in [6.07, 6.45) is 4.10. The maximum atomic E-state index is 11.9. The molecule has 158 valence electrons. The first-order chi connectivity index (χ1) is 13.8. The highest BCUT2D eigenvalue weighted by Gasteiger charge is 2.14. The predicted molar refractivity (Wildman–Crippen MR) is 118 cm³/mol. The Morgan fingerprint density at radius 3 is 2.28 bits per heavy atom. The molecule has 0 radical (unpaired) electrons. The van der Waals surface area contributed by atoms with Gasteiger partial charge >= 0.3 is 5.97 Å². The summed E-state index contributed by atoms with van der Waals surface area (Å²) < 4.78 is 5.24. The molecule has 0 fully saturated rings. The van der Waals surface area contributed by atoms with E-state index in [-0.39, 0.29) is 25.0 Å². The van der Waals surface area contributed by atoms with E-state index in [4.69, 9.17) is 15.3 Å². The number of nitrogens with one attached hydrogen (secondary N) is 1. The molecule has 0 aromatic heterocycles. The first-order valence-corrected chi connectivity index (χ1v) is 9.60. The minimum absolute atomic E-state index is 0. The van der Waals surface area contributed by atoms with Gasteiger partial charge in [0.2, 0.25) is 0 Å². The van der Waals surface area contributed by atoms with Gasteiger partial charge in [0.25, 0.3) is 0 Å². The third kappa shape index (κ3) is 11.2. The molecule has 0 aliphatic rings. The van der Waals surface area contributed by atoms with E-state index in [1.807, 2.05) is 60.7 Å². The van der Waals surface area contributed by atoms with Crippen LogP contribution in [-0.2, 0) is 27.6 Å². The molecular formula is C22H30ClN3O3. The second-order valence-electron chi connectivity index (χ2n) is 6.45. The second-order valence-corrected chi connectivity index (χ2v) is 6.45. The summed E-state index contributed by atoms with van der Waals surface area (Å²) in [5.41, 5.74) is 7.94. The van der Waals surface area contributed by atoms with Crippen LogP contribution in [0, 0.1) is 0 Å². The van der Waals surface area contributed by atoms with Gasteiger partial charge in [-0.15, -0.1) is 12.4 Å². The second kappa shape index (κ2) is 15.5. The molecule has 0 aliphatic heterocycles. The van der Waals surface area contributed by atoms with Crippen LogP contribution in [0.1, 0.15) is 30.4 Å². The van der Waals surface area contributed by atoms with Gasteiger partial charge in [-0.1, -0.05) is 72.2 Å². The molecule has 2 aromatic rings. The standard InChI is InChI=1S/C22H29N3O3.ClH/c23-21(22(26)27-17-19-9-3-1-4-10-19)13-7-8-14-24-15-16-25-28-18-20-11-5-2-6-12-20;/h1-6,9-12,16,21,24H,7-8,13-15,17-18,23H2;1H. The Labute approximate surface area is 178 Å². The Hall–Kier alpha value is -2.41. The van der Waals surface area contributed by atoms with Crippen LogP contribution in [0.5, 0.6) is 0 Å². The number of oxime groups is 1. The zero-order valence-corrected chi connectivity index (χ0v) is 17.4. The molecule has 0 aliphatic carbocycles. The lowest BCUT2D eigenvalue weighted by atomic mass is 10.1. The summed E-state index contributed by atoms with van der Waals surface area (Å²) in [5, 5.41) is 7.16. The van der Waals surface area contributed by atoms with Crippen molar-refractivity contribution >= 4 is 24.6 Å². The van der Waals surface area contributed by atoms with Gasteiger partial charge in [-0.3, -0.25) is 4.79 Å². The van der Waals surface area contributed by atoms with Crippen LogP contribution in [0.15, 0.2) is 65.8 Å². The fourth-order valence-corrected chi connectivity index (χ4v) is 2.51. The molecule has 6 nitrogen and oxygen atoms in total. The van der Waals surface area contributed by atoms with E-state index in [2.05, 4.69) is 10.5 Å². The topological polar surface area (TPSA) is 85.9 Å². The molecule has 0 bridgehead atoms. The molecule has 0 amide bonds. The quantitative estimate of drug-likeness (QED) is 0.225. The number of benzene rings is 2. The minimum Gasteiger partial charge on any atom is -0.460 e. The lowest BCUT2D eigenvalue weighted by Crippen LogP contribution is -2.32. The molecule has 2 rings (SSSR count). The number of ether oxygens (including phenoxy) is 1. The van der Waals surface area contributed by atoms with E-state index in [1.165, 1.54) is 0 Å². The normalized spacial score (nSPS) is 11.6. The summed E-state index contributed by atoms with van der Waals surface area (Å²) in [6.45, 7) is 2.20. The van der Waals surface area contributed by atoms with Crippen LogP contribution in [0.3, 0.4) is 0 Å². The Balaban J connectivity index is 0.00000420. The fraction of sp³-hybridized carbons (Fsp3) is 0.364. The summed E-state index contributed by atoms with van der Waals surface area (Å²) >= 11 is 0. The highest BCUT2D eigenvalue weighted by molar-refractivity contribution is 5.85. The van der Waals surface area contributed by atoms with Crippen molar-refractivity contribution in [2.75, 3.05) is 13.1 Å². The maximum Gasteiger partial charge on any atom is 0.323 e. The van der Waals surface area contributed by atoms with Gasteiger partial charge in [0.15, 0.2) is 0 Å². The summed E-state index contributed by atoms with van der Waals surface area (Å²) in [6, 6.07) is 18.9. The summed E-state index contributed by atoms with van der Waals surface area (Å²) in [4.78, 5) is 17.1. The molecule has 3 N–H and O–H groups in total. The molecule has 7 heteroatoms. The van der Waals surface area contributed by atoms with E-state index >= 15 is 0 Å². The molecule has 0 saturated carbocycles. The third-order valence-corrected chi connectivity index (χ3v) is 4.10. The van der Waals surface area contributed by atoms with Crippen LogP contribution in [-0.4, -0.2) is 31.3 Å². The number of nitrogens with two attached hydrogens (primary N) is 1. The van der Waals surface area contributed by atoms with E-state index in [1.54, 1.807) is 6.21 Å². The van der Waals surface area contributed by atoms with Gasteiger partial charge in [-0.25, -0.2) is 0 Å². The molecule has 29 heavy (non-hydrogen) atoms. The number of hydrogen-bond acceptors (Lipinski definition) is 6. The van der Waals surface area contributed by atoms with Crippen LogP contribution >= 0.6 is 12.4 Å². The third-order valence-electron chi connectivity index (χ3n) is 4.10. The smallest absolute Gasteiger partial charge is 0.323 e. The largest absolute Gasteiger partial charge is 0.460 e. The highest BCUT2D eigenvalue weighted by atomic mass is 35.5. The molecule has 1 unspecified atom stereocenters. The van der Waals surface area contributed by atoms with Crippen LogP contribution in [0.4, 0.5) is 0 Å². The van der Waals surface area contributed by atoms with Crippen LogP contribution in [0.25, 0.3) is 0 Å². The van der Waals surface area contributed by atoms with Crippen molar-refractivity contribution in [3.05, 3.63) is 71.8 Å². The molecule has 0 saturated heterocycles. The molecular weight excluding hydrogens is 390 g/mol.